The van der Waals surface area contributed by atoms with Crippen molar-refractivity contribution in [1.29, 1.82) is 5.41 Å². The predicted molar refractivity (Wildman–Crippen MR) is 159 cm³/mol. The minimum absolute atomic E-state index is 0.0446. The predicted octanol–water partition coefficient (Wildman–Crippen LogP) is 5.23. The summed E-state index contributed by atoms with van der Waals surface area (Å²) in [4.78, 5) is 32.2. The highest BCUT2D eigenvalue weighted by Crippen LogP contribution is 2.36. The highest BCUT2D eigenvalue weighted by molar-refractivity contribution is 6.08. The molecule has 1 atom stereocenters. The molecule has 1 aliphatic carbocycles. The maximum absolute atomic E-state index is 14.0. The third kappa shape index (κ3) is 7.03. The number of anilines is 1. The molecule has 2 fully saturated rings. The minimum atomic E-state index is -0.831. The van der Waals surface area contributed by atoms with Crippen LogP contribution in [0.5, 0.6) is 5.75 Å². The van der Waals surface area contributed by atoms with Crippen molar-refractivity contribution in [3.63, 3.8) is 0 Å². The van der Waals surface area contributed by atoms with E-state index in [1.165, 1.54) is 19.3 Å². The molecule has 5 rings (SSSR count). The second-order valence-corrected chi connectivity index (χ2v) is 11.0. The summed E-state index contributed by atoms with van der Waals surface area (Å²) in [6.07, 6.45) is 10.7. The van der Waals surface area contributed by atoms with E-state index in [-0.39, 0.29) is 17.9 Å². The zero-order valence-electron chi connectivity index (χ0n) is 23.5. The second-order valence-electron chi connectivity index (χ2n) is 11.0. The van der Waals surface area contributed by atoms with Gasteiger partial charge in [-0.3, -0.25) is 20.1 Å². The second kappa shape index (κ2) is 12.8. The van der Waals surface area contributed by atoms with E-state index >= 15 is 0 Å². The van der Waals surface area contributed by atoms with Gasteiger partial charge in [-0.05, 0) is 47.2 Å². The third-order valence-electron chi connectivity index (χ3n) is 8.02. The number of rotatable bonds is 10. The zero-order valence-corrected chi connectivity index (χ0v) is 23.5. The van der Waals surface area contributed by atoms with Crippen molar-refractivity contribution in [2.75, 3.05) is 12.4 Å². The van der Waals surface area contributed by atoms with Crippen LogP contribution in [0.15, 0.2) is 73.1 Å². The highest BCUT2D eigenvalue weighted by atomic mass is 16.5. The fourth-order valence-electron chi connectivity index (χ4n) is 5.93. The van der Waals surface area contributed by atoms with E-state index in [0.717, 1.165) is 36.0 Å². The Morgan fingerprint density at radius 1 is 1.07 bits per heavy atom. The van der Waals surface area contributed by atoms with Crippen molar-refractivity contribution in [3.8, 4) is 5.75 Å². The summed E-state index contributed by atoms with van der Waals surface area (Å²) >= 11 is 0. The Bertz CT molecular complexity index is 1360. The van der Waals surface area contributed by atoms with Crippen LogP contribution in [0.1, 0.15) is 55.2 Å². The molecule has 1 aliphatic heterocycles. The summed E-state index contributed by atoms with van der Waals surface area (Å²) in [6, 6.07) is 18.5. The topological polar surface area (TPSA) is 119 Å². The third-order valence-corrected chi connectivity index (χ3v) is 8.02. The number of urea groups is 1. The molecule has 0 spiro atoms. The Balaban J connectivity index is 1.21. The van der Waals surface area contributed by atoms with Gasteiger partial charge in [0.1, 0.15) is 11.3 Å². The molecule has 1 saturated carbocycles. The number of ether oxygens (including phenoxy) is 1. The molecular formula is C32H38N6O3. The molecule has 2 aliphatic rings. The number of nitrogens with one attached hydrogen (secondary N) is 4. The quantitative estimate of drug-likeness (QED) is 0.274. The van der Waals surface area contributed by atoms with Crippen molar-refractivity contribution in [2.45, 2.75) is 63.6 Å². The first kappa shape index (κ1) is 28.1. The SMILES string of the molecule is COc1cccc(NC(=O)NCc2ccc(CN3C(=N)NC(Cc4cccnc4)(CC4CCCCC4)C3=O)cc2)c1. The number of aromatic nitrogens is 1. The van der Waals surface area contributed by atoms with Crippen LogP contribution >= 0.6 is 0 Å². The summed E-state index contributed by atoms with van der Waals surface area (Å²) in [5.41, 5.74) is 2.66. The number of methoxy groups -OCH3 is 1. The number of amides is 3. The molecular weight excluding hydrogens is 516 g/mol. The van der Waals surface area contributed by atoms with Gasteiger partial charge in [0.15, 0.2) is 5.96 Å². The largest absolute Gasteiger partial charge is 0.497 e. The smallest absolute Gasteiger partial charge is 0.319 e. The maximum atomic E-state index is 14.0. The van der Waals surface area contributed by atoms with Crippen molar-refractivity contribution >= 4 is 23.6 Å². The number of hydrogen-bond donors (Lipinski definition) is 4. The van der Waals surface area contributed by atoms with Gasteiger partial charge in [0.25, 0.3) is 5.91 Å². The molecule has 1 saturated heterocycles. The molecule has 2 aromatic carbocycles. The van der Waals surface area contributed by atoms with Gasteiger partial charge >= 0.3 is 6.03 Å². The number of benzene rings is 2. The molecule has 214 valence electrons. The Kier molecular flexibility index (Phi) is 8.82. The average Bonchev–Trinajstić information content (AvgIpc) is 3.21. The molecule has 3 amide bonds. The van der Waals surface area contributed by atoms with Crippen LogP contribution in [-0.4, -0.2) is 40.4 Å². The van der Waals surface area contributed by atoms with Crippen LogP contribution in [0.25, 0.3) is 0 Å². The van der Waals surface area contributed by atoms with Crippen molar-refractivity contribution in [1.82, 2.24) is 20.5 Å². The lowest BCUT2D eigenvalue weighted by Crippen LogP contribution is -2.50. The van der Waals surface area contributed by atoms with Gasteiger partial charge in [0.05, 0.1) is 13.7 Å². The van der Waals surface area contributed by atoms with E-state index in [2.05, 4.69) is 20.9 Å². The number of carbonyl (C=O) groups excluding carboxylic acids is 2. The number of nitrogens with zero attached hydrogens (tertiary/aromatic N) is 2. The molecule has 9 nitrogen and oxygen atoms in total. The standard InChI is InChI=1S/C32H38N6O3/c1-41-28-11-5-10-27(17-28)36-31(40)35-21-24-12-14-25(15-13-24)22-38-29(39)32(37-30(38)33,18-23-7-3-2-4-8-23)19-26-9-6-16-34-20-26/h5-6,9-17,20,23H,2-4,7-8,18-19,21-22H2,1H3,(H2,33,37)(H2,35,36,40). The van der Waals surface area contributed by atoms with Crippen LogP contribution in [0.2, 0.25) is 0 Å². The van der Waals surface area contributed by atoms with Gasteiger partial charge in [0.2, 0.25) is 0 Å². The van der Waals surface area contributed by atoms with Crippen molar-refractivity contribution in [2.24, 2.45) is 5.92 Å². The van der Waals surface area contributed by atoms with Crippen LogP contribution < -0.4 is 20.7 Å². The number of guanidine groups is 1. The first-order valence-electron chi connectivity index (χ1n) is 14.3. The molecule has 41 heavy (non-hydrogen) atoms. The van der Waals surface area contributed by atoms with Crippen LogP contribution in [0.3, 0.4) is 0 Å². The van der Waals surface area contributed by atoms with Gasteiger partial charge in [-0.15, -0.1) is 0 Å². The Morgan fingerprint density at radius 3 is 2.59 bits per heavy atom. The van der Waals surface area contributed by atoms with Crippen molar-refractivity contribution < 1.29 is 14.3 Å². The van der Waals surface area contributed by atoms with Crippen LogP contribution in [0, 0.1) is 11.3 Å². The average molecular weight is 555 g/mol. The summed E-state index contributed by atoms with van der Waals surface area (Å²) in [5, 5.41) is 17.7. The molecule has 1 unspecified atom stereocenters. The fraction of sp³-hybridized carbons (Fsp3) is 0.375. The number of pyridine rings is 1. The molecule has 3 aromatic rings. The minimum Gasteiger partial charge on any atom is -0.497 e. The summed E-state index contributed by atoms with van der Waals surface area (Å²) in [6.45, 7) is 0.667. The number of carbonyl (C=O) groups is 2. The molecule has 4 N–H and O–H groups in total. The fourth-order valence-corrected chi connectivity index (χ4v) is 5.93. The van der Waals surface area contributed by atoms with Gasteiger partial charge in [-0.2, -0.15) is 0 Å². The normalized spacial score (nSPS) is 19.1. The van der Waals surface area contributed by atoms with E-state index in [1.54, 1.807) is 30.3 Å². The summed E-state index contributed by atoms with van der Waals surface area (Å²) in [7, 11) is 1.58. The lowest BCUT2D eigenvalue weighted by atomic mass is 9.76. The van der Waals surface area contributed by atoms with Crippen molar-refractivity contribution in [3.05, 3.63) is 89.7 Å². The molecule has 0 radical (unpaired) electrons. The summed E-state index contributed by atoms with van der Waals surface area (Å²) < 4.78 is 5.19. The van der Waals surface area contributed by atoms with Crippen LogP contribution in [0.4, 0.5) is 10.5 Å². The number of hydrogen-bond acceptors (Lipinski definition) is 5. The zero-order chi connectivity index (χ0) is 28.7. The van der Waals surface area contributed by atoms with Crippen LogP contribution in [-0.2, 0) is 24.3 Å². The monoisotopic (exact) mass is 554 g/mol. The molecule has 9 heteroatoms. The van der Waals surface area contributed by atoms with E-state index in [0.29, 0.717) is 36.9 Å². The summed E-state index contributed by atoms with van der Waals surface area (Å²) in [5.74, 6) is 1.24. The van der Waals surface area contributed by atoms with E-state index in [4.69, 9.17) is 10.1 Å². The highest BCUT2D eigenvalue weighted by Gasteiger charge is 2.50. The molecule has 0 bridgehead atoms. The molecule has 1 aromatic heterocycles. The van der Waals surface area contributed by atoms with E-state index < -0.39 is 5.54 Å². The van der Waals surface area contributed by atoms with E-state index in [9.17, 15) is 9.59 Å². The first-order chi connectivity index (χ1) is 19.9. The first-order valence-corrected chi connectivity index (χ1v) is 14.3. The molecule has 2 heterocycles. The Labute approximate surface area is 241 Å². The Hall–Kier alpha value is -4.40. The van der Waals surface area contributed by atoms with Gasteiger partial charge in [0, 0.05) is 37.1 Å². The lowest BCUT2D eigenvalue weighted by Gasteiger charge is -2.33. The Morgan fingerprint density at radius 2 is 1.85 bits per heavy atom. The van der Waals surface area contributed by atoms with Gasteiger partial charge in [-0.25, -0.2) is 4.79 Å². The lowest BCUT2D eigenvalue weighted by molar-refractivity contribution is -0.132. The van der Waals surface area contributed by atoms with Gasteiger partial charge < -0.3 is 20.7 Å². The maximum Gasteiger partial charge on any atom is 0.319 e. The van der Waals surface area contributed by atoms with Gasteiger partial charge in [-0.1, -0.05) is 68.5 Å². The van der Waals surface area contributed by atoms with E-state index in [1.807, 2.05) is 54.7 Å².